The summed E-state index contributed by atoms with van der Waals surface area (Å²) in [5.41, 5.74) is 2.51. The molecule has 0 radical (unpaired) electrons. The average molecular weight is 357 g/mol. The van der Waals surface area contributed by atoms with E-state index in [1.807, 2.05) is 32.0 Å². The number of amides is 2. The Morgan fingerprint density at radius 3 is 2.96 bits per heavy atom. The summed E-state index contributed by atoms with van der Waals surface area (Å²) in [5.74, 6) is 0.874. The molecule has 1 aliphatic heterocycles. The maximum absolute atomic E-state index is 12.0. The van der Waals surface area contributed by atoms with Crippen molar-refractivity contribution in [3.63, 3.8) is 0 Å². The Kier molecular flexibility index (Phi) is 3.95. The summed E-state index contributed by atoms with van der Waals surface area (Å²) in [6.07, 6.45) is 1.93. The second-order valence-electron chi connectivity index (χ2n) is 6.30. The summed E-state index contributed by atoms with van der Waals surface area (Å²) >= 11 is 1.47. The fourth-order valence-electron chi connectivity index (χ4n) is 2.97. The highest BCUT2D eigenvalue weighted by molar-refractivity contribution is 7.16. The highest BCUT2D eigenvalue weighted by atomic mass is 32.1. The number of nitrogens with one attached hydrogen (secondary N) is 1. The lowest BCUT2D eigenvalue weighted by molar-refractivity contribution is -0.121. The largest absolute Gasteiger partial charge is 0.482 e. The molecule has 0 atom stereocenters. The van der Waals surface area contributed by atoms with Crippen LogP contribution >= 0.6 is 11.3 Å². The van der Waals surface area contributed by atoms with Crippen molar-refractivity contribution in [2.75, 3.05) is 23.4 Å². The maximum atomic E-state index is 12.0. The van der Waals surface area contributed by atoms with Gasteiger partial charge >= 0.3 is 0 Å². The van der Waals surface area contributed by atoms with E-state index >= 15 is 0 Å². The number of nitrogens with zero attached hydrogens (tertiary/aromatic N) is 2. The summed E-state index contributed by atoms with van der Waals surface area (Å²) in [6.45, 7) is 4.60. The van der Waals surface area contributed by atoms with Crippen molar-refractivity contribution in [1.82, 2.24) is 4.98 Å². The van der Waals surface area contributed by atoms with Gasteiger partial charge in [0, 0.05) is 22.9 Å². The van der Waals surface area contributed by atoms with Gasteiger partial charge in [0.15, 0.2) is 11.7 Å². The van der Waals surface area contributed by atoms with Crippen LogP contribution in [0.5, 0.6) is 5.75 Å². The van der Waals surface area contributed by atoms with Crippen LogP contribution in [0.1, 0.15) is 24.6 Å². The van der Waals surface area contributed by atoms with Crippen LogP contribution in [-0.4, -0.2) is 29.9 Å². The Bertz CT molecular complexity index is 857. The first-order valence-electron chi connectivity index (χ1n) is 8.42. The Labute approximate surface area is 149 Å². The number of thiazole rings is 1. The van der Waals surface area contributed by atoms with E-state index in [4.69, 9.17) is 4.74 Å². The van der Waals surface area contributed by atoms with Crippen molar-refractivity contribution in [1.29, 1.82) is 0 Å². The zero-order valence-corrected chi connectivity index (χ0v) is 15.0. The Balaban J connectivity index is 1.66. The van der Waals surface area contributed by atoms with E-state index < -0.39 is 0 Å². The minimum atomic E-state index is -0.0421. The third-order valence-corrected chi connectivity index (χ3v) is 5.35. The van der Waals surface area contributed by atoms with E-state index in [0.717, 1.165) is 34.7 Å². The van der Waals surface area contributed by atoms with Crippen molar-refractivity contribution >= 4 is 34.0 Å². The van der Waals surface area contributed by atoms with Gasteiger partial charge < -0.3 is 15.0 Å². The minimum absolute atomic E-state index is 0.0421. The van der Waals surface area contributed by atoms with Crippen molar-refractivity contribution < 1.29 is 14.3 Å². The van der Waals surface area contributed by atoms with Crippen LogP contribution in [0, 0.1) is 12.8 Å². The SMILES string of the molecule is CCN1C(=O)COc2ccc(-c3nc(NC(=O)C4CC4)sc3C)cc21. The summed E-state index contributed by atoms with van der Waals surface area (Å²) in [5, 5.41) is 3.53. The number of benzene rings is 1. The van der Waals surface area contributed by atoms with Gasteiger partial charge in [-0.2, -0.15) is 0 Å². The zero-order chi connectivity index (χ0) is 17.6. The Morgan fingerprint density at radius 2 is 2.24 bits per heavy atom. The van der Waals surface area contributed by atoms with Gasteiger partial charge in [-0.1, -0.05) is 0 Å². The molecule has 1 aliphatic carbocycles. The van der Waals surface area contributed by atoms with Crippen LogP contribution in [0.3, 0.4) is 0 Å². The molecule has 2 aromatic rings. The maximum Gasteiger partial charge on any atom is 0.265 e. The first-order valence-corrected chi connectivity index (χ1v) is 9.24. The molecular weight excluding hydrogens is 338 g/mol. The highest BCUT2D eigenvalue weighted by Gasteiger charge is 2.30. The third-order valence-electron chi connectivity index (χ3n) is 4.47. The second kappa shape index (κ2) is 6.15. The molecule has 7 heteroatoms. The van der Waals surface area contributed by atoms with Gasteiger partial charge in [-0.05, 0) is 44.9 Å². The van der Waals surface area contributed by atoms with Crippen molar-refractivity contribution in [2.45, 2.75) is 26.7 Å². The van der Waals surface area contributed by atoms with Crippen LogP contribution < -0.4 is 15.0 Å². The smallest absolute Gasteiger partial charge is 0.265 e. The monoisotopic (exact) mass is 357 g/mol. The van der Waals surface area contributed by atoms with E-state index in [0.29, 0.717) is 17.4 Å². The molecule has 1 N–H and O–H groups in total. The highest BCUT2D eigenvalue weighted by Crippen LogP contribution is 2.38. The van der Waals surface area contributed by atoms with Crippen LogP contribution in [0.15, 0.2) is 18.2 Å². The molecule has 0 unspecified atom stereocenters. The molecule has 130 valence electrons. The summed E-state index contributed by atoms with van der Waals surface area (Å²) in [6, 6.07) is 5.75. The number of likely N-dealkylation sites (N-methyl/N-ethyl adjacent to an activating group) is 1. The van der Waals surface area contributed by atoms with Gasteiger partial charge in [-0.25, -0.2) is 4.98 Å². The topological polar surface area (TPSA) is 71.5 Å². The molecule has 6 nitrogen and oxygen atoms in total. The fourth-order valence-corrected chi connectivity index (χ4v) is 3.81. The summed E-state index contributed by atoms with van der Waals surface area (Å²) < 4.78 is 5.51. The van der Waals surface area contributed by atoms with Gasteiger partial charge in [0.1, 0.15) is 5.75 Å². The predicted octanol–water partition coefficient (Wildman–Crippen LogP) is 3.21. The molecular formula is C18H19N3O3S. The molecule has 1 fully saturated rings. The molecule has 1 aromatic carbocycles. The molecule has 2 amide bonds. The lowest BCUT2D eigenvalue weighted by Gasteiger charge is -2.28. The first kappa shape index (κ1) is 16.1. The number of ether oxygens (including phenoxy) is 1. The van der Waals surface area contributed by atoms with Crippen LogP contribution in [0.25, 0.3) is 11.3 Å². The molecule has 0 bridgehead atoms. The molecule has 0 saturated heterocycles. The normalized spacial score (nSPS) is 16.4. The van der Waals surface area contributed by atoms with Crippen molar-refractivity contribution in [3.05, 3.63) is 23.1 Å². The number of aryl methyl sites for hydroxylation is 1. The molecule has 4 rings (SSSR count). The minimum Gasteiger partial charge on any atom is -0.482 e. The van der Waals surface area contributed by atoms with Crippen LogP contribution in [0.4, 0.5) is 10.8 Å². The average Bonchev–Trinajstić information content (AvgIpc) is 3.38. The van der Waals surface area contributed by atoms with Gasteiger partial charge in [-0.3, -0.25) is 9.59 Å². The van der Waals surface area contributed by atoms with E-state index in [9.17, 15) is 9.59 Å². The second-order valence-corrected chi connectivity index (χ2v) is 7.50. The Morgan fingerprint density at radius 1 is 1.44 bits per heavy atom. The number of carbonyl (C=O) groups excluding carboxylic acids is 2. The number of rotatable bonds is 4. The molecule has 1 saturated carbocycles. The number of carbonyl (C=O) groups is 2. The van der Waals surface area contributed by atoms with E-state index in [2.05, 4.69) is 10.3 Å². The fraction of sp³-hybridized carbons (Fsp3) is 0.389. The molecule has 25 heavy (non-hydrogen) atoms. The van der Waals surface area contributed by atoms with E-state index in [1.165, 1.54) is 11.3 Å². The van der Waals surface area contributed by atoms with Crippen LogP contribution in [0.2, 0.25) is 0 Å². The summed E-state index contributed by atoms with van der Waals surface area (Å²) in [7, 11) is 0. The first-order chi connectivity index (χ1) is 12.1. The molecule has 2 aliphatic rings. The van der Waals surface area contributed by atoms with E-state index in [1.54, 1.807) is 4.90 Å². The molecule has 2 heterocycles. The molecule has 0 spiro atoms. The van der Waals surface area contributed by atoms with Crippen molar-refractivity contribution in [3.8, 4) is 17.0 Å². The quantitative estimate of drug-likeness (QED) is 0.912. The molecule has 1 aromatic heterocycles. The zero-order valence-electron chi connectivity index (χ0n) is 14.2. The number of hydrogen-bond acceptors (Lipinski definition) is 5. The lowest BCUT2D eigenvalue weighted by atomic mass is 10.1. The standard InChI is InChI=1S/C18H19N3O3S/c1-3-21-13-8-12(6-7-14(13)24-9-15(21)22)16-10(2)25-18(19-16)20-17(23)11-4-5-11/h6-8,11H,3-5,9H2,1-2H3,(H,19,20,23). The number of hydrogen-bond donors (Lipinski definition) is 1. The third kappa shape index (κ3) is 3.00. The lowest BCUT2D eigenvalue weighted by Crippen LogP contribution is -2.38. The number of fused-ring (bicyclic) bond motifs is 1. The predicted molar refractivity (Wildman–Crippen MR) is 97.2 cm³/mol. The number of anilines is 2. The van der Waals surface area contributed by atoms with E-state index in [-0.39, 0.29) is 24.3 Å². The van der Waals surface area contributed by atoms with Gasteiger partial charge in [0.25, 0.3) is 5.91 Å². The van der Waals surface area contributed by atoms with Gasteiger partial charge in [0.05, 0.1) is 11.4 Å². The van der Waals surface area contributed by atoms with Crippen LogP contribution in [-0.2, 0) is 9.59 Å². The van der Waals surface area contributed by atoms with Gasteiger partial charge in [-0.15, -0.1) is 11.3 Å². The number of aromatic nitrogens is 1. The van der Waals surface area contributed by atoms with Crippen molar-refractivity contribution in [2.24, 2.45) is 5.92 Å². The van der Waals surface area contributed by atoms with Gasteiger partial charge in [0.2, 0.25) is 5.91 Å². The summed E-state index contributed by atoms with van der Waals surface area (Å²) in [4.78, 5) is 31.3. The Hall–Kier alpha value is -2.41.